The van der Waals surface area contributed by atoms with Gasteiger partial charge in [0, 0.05) is 30.6 Å². The van der Waals surface area contributed by atoms with E-state index in [4.69, 9.17) is 11.2 Å². The van der Waals surface area contributed by atoms with Crippen molar-refractivity contribution in [3.63, 3.8) is 0 Å². The zero-order chi connectivity index (χ0) is 16.2. The maximum absolute atomic E-state index is 12.0. The van der Waals surface area contributed by atoms with Gasteiger partial charge in [0.1, 0.15) is 0 Å². The Morgan fingerprint density at radius 2 is 2.09 bits per heavy atom. The van der Waals surface area contributed by atoms with E-state index in [1.54, 1.807) is 29.2 Å². The molecule has 0 atom stereocenters. The van der Waals surface area contributed by atoms with Gasteiger partial charge in [0.25, 0.3) is 0 Å². The highest BCUT2D eigenvalue weighted by Crippen LogP contribution is 2.21. The summed E-state index contributed by atoms with van der Waals surface area (Å²) in [5, 5.41) is 2.73. The van der Waals surface area contributed by atoms with E-state index in [1.165, 1.54) is 0 Å². The number of carbonyl (C=O) groups excluding carboxylic acids is 2. The van der Waals surface area contributed by atoms with Gasteiger partial charge in [-0.1, -0.05) is 13.8 Å². The van der Waals surface area contributed by atoms with E-state index in [0.717, 1.165) is 5.69 Å². The third kappa shape index (κ3) is 3.79. The average molecular weight is 300 g/mol. The number of anilines is 1. The summed E-state index contributed by atoms with van der Waals surface area (Å²) in [6.45, 7) is 5.44. The van der Waals surface area contributed by atoms with Gasteiger partial charge in [0.05, 0.1) is 12.2 Å². The van der Waals surface area contributed by atoms with Crippen LogP contribution in [0.15, 0.2) is 24.3 Å². The summed E-state index contributed by atoms with van der Waals surface area (Å²) in [5.74, 6) is 2.19. The first kappa shape index (κ1) is 15.9. The number of terminal acetylenes is 1. The van der Waals surface area contributed by atoms with Crippen LogP contribution in [0.5, 0.6) is 0 Å². The third-order valence-corrected chi connectivity index (χ3v) is 3.45. The van der Waals surface area contributed by atoms with Gasteiger partial charge in [-0.25, -0.2) is 9.59 Å². The van der Waals surface area contributed by atoms with E-state index in [-0.39, 0.29) is 24.0 Å². The molecule has 5 heteroatoms. The second kappa shape index (κ2) is 6.52. The molecule has 0 aromatic heterocycles. The second-order valence-corrected chi connectivity index (χ2v) is 6.05. The molecule has 0 unspecified atom stereocenters. The smallest absolute Gasteiger partial charge is 0.338 e. The summed E-state index contributed by atoms with van der Waals surface area (Å²) in [7, 11) is 0. The number of carbonyl (C=O) groups is 2. The van der Waals surface area contributed by atoms with Crippen molar-refractivity contribution in [1.82, 2.24) is 5.32 Å². The van der Waals surface area contributed by atoms with Gasteiger partial charge in [-0.15, -0.1) is 12.3 Å². The van der Waals surface area contributed by atoms with Crippen LogP contribution in [0.3, 0.4) is 0 Å². The molecule has 1 saturated heterocycles. The summed E-state index contributed by atoms with van der Waals surface area (Å²) in [6.07, 6.45) is 5.84. The fourth-order valence-corrected chi connectivity index (χ4v) is 2.17. The minimum atomic E-state index is -0.387. The van der Waals surface area contributed by atoms with Crippen LogP contribution in [0.25, 0.3) is 0 Å². The highest BCUT2D eigenvalue weighted by atomic mass is 16.5. The number of esters is 1. The van der Waals surface area contributed by atoms with E-state index in [2.05, 4.69) is 11.2 Å². The molecule has 0 spiro atoms. The Morgan fingerprint density at radius 3 is 2.64 bits per heavy atom. The standard InChI is InChI=1S/C17H20N2O3/c1-4-9-17(2,3)12-22-15(20)13-5-7-14(8-6-13)19-11-10-18-16(19)21/h1,5-8H,9-12H2,2-3H3,(H,18,21). The maximum Gasteiger partial charge on any atom is 0.338 e. The highest BCUT2D eigenvalue weighted by Gasteiger charge is 2.22. The Balaban J connectivity index is 1.97. The SMILES string of the molecule is C#CCC(C)(C)COC(=O)c1ccc(N2CCNC2=O)cc1. The van der Waals surface area contributed by atoms with E-state index in [1.807, 2.05) is 13.8 Å². The Kier molecular flexibility index (Phi) is 4.71. The summed E-state index contributed by atoms with van der Waals surface area (Å²) >= 11 is 0. The zero-order valence-electron chi connectivity index (χ0n) is 12.9. The van der Waals surface area contributed by atoms with Crippen molar-refractivity contribution < 1.29 is 14.3 Å². The molecule has 0 saturated carbocycles. The van der Waals surface area contributed by atoms with Crippen molar-refractivity contribution in [2.24, 2.45) is 5.41 Å². The van der Waals surface area contributed by atoms with E-state index >= 15 is 0 Å². The normalized spacial score (nSPS) is 14.4. The number of ether oxygens (including phenoxy) is 1. The fourth-order valence-electron chi connectivity index (χ4n) is 2.17. The molecule has 1 aromatic carbocycles. The van der Waals surface area contributed by atoms with Gasteiger partial charge < -0.3 is 10.1 Å². The lowest BCUT2D eigenvalue weighted by Gasteiger charge is -2.21. The largest absolute Gasteiger partial charge is 0.461 e. The topological polar surface area (TPSA) is 58.6 Å². The molecule has 1 aliphatic rings. The van der Waals surface area contributed by atoms with Gasteiger partial charge in [-0.3, -0.25) is 4.90 Å². The van der Waals surface area contributed by atoms with Gasteiger partial charge >= 0.3 is 12.0 Å². The molecule has 116 valence electrons. The maximum atomic E-state index is 12.0. The first-order valence-electron chi connectivity index (χ1n) is 7.19. The number of hydrogen-bond donors (Lipinski definition) is 1. The summed E-state index contributed by atoms with van der Waals surface area (Å²) in [5.41, 5.74) is 0.983. The molecular weight excluding hydrogens is 280 g/mol. The molecular formula is C17H20N2O3. The molecule has 0 radical (unpaired) electrons. The molecule has 22 heavy (non-hydrogen) atoms. The van der Waals surface area contributed by atoms with Crippen molar-refractivity contribution in [1.29, 1.82) is 0 Å². The summed E-state index contributed by atoms with van der Waals surface area (Å²) < 4.78 is 5.30. The van der Waals surface area contributed by atoms with Crippen LogP contribution < -0.4 is 10.2 Å². The molecule has 0 aliphatic carbocycles. The first-order chi connectivity index (χ1) is 10.4. The average Bonchev–Trinajstić information content (AvgIpc) is 2.91. The van der Waals surface area contributed by atoms with Gasteiger partial charge in [-0.2, -0.15) is 0 Å². The van der Waals surface area contributed by atoms with Crippen molar-refractivity contribution >= 4 is 17.7 Å². The van der Waals surface area contributed by atoms with Crippen LogP contribution in [0.1, 0.15) is 30.6 Å². The van der Waals surface area contributed by atoms with Gasteiger partial charge in [0.2, 0.25) is 0 Å². The third-order valence-electron chi connectivity index (χ3n) is 3.45. The molecule has 2 amide bonds. The number of amides is 2. The molecule has 1 aromatic rings. The Morgan fingerprint density at radius 1 is 1.41 bits per heavy atom. The van der Waals surface area contributed by atoms with Crippen molar-refractivity contribution in [3.8, 4) is 12.3 Å². The van der Waals surface area contributed by atoms with Crippen molar-refractivity contribution in [2.75, 3.05) is 24.6 Å². The number of benzene rings is 1. The Bertz CT molecular complexity index is 599. The monoisotopic (exact) mass is 300 g/mol. The lowest BCUT2D eigenvalue weighted by Crippen LogP contribution is -2.27. The number of nitrogens with one attached hydrogen (secondary N) is 1. The fraction of sp³-hybridized carbons (Fsp3) is 0.412. The Labute approximate surface area is 130 Å². The van der Waals surface area contributed by atoms with Crippen LogP contribution in [-0.4, -0.2) is 31.7 Å². The van der Waals surface area contributed by atoms with Crippen LogP contribution >= 0.6 is 0 Å². The summed E-state index contributed by atoms with van der Waals surface area (Å²) in [4.78, 5) is 25.2. The number of hydrogen-bond acceptors (Lipinski definition) is 3. The lowest BCUT2D eigenvalue weighted by molar-refractivity contribution is 0.0348. The highest BCUT2D eigenvalue weighted by molar-refractivity contribution is 5.95. The lowest BCUT2D eigenvalue weighted by atomic mass is 9.91. The number of urea groups is 1. The van der Waals surface area contributed by atoms with Crippen LogP contribution in [0.2, 0.25) is 0 Å². The predicted octanol–water partition coefficient (Wildman–Crippen LogP) is 2.42. The molecule has 5 nitrogen and oxygen atoms in total. The Hall–Kier alpha value is -2.48. The molecule has 2 rings (SSSR count). The summed E-state index contributed by atoms with van der Waals surface area (Å²) in [6, 6.07) is 6.70. The number of rotatable bonds is 5. The number of nitrogens with zero attached hydrogens (tertiary/aromatic N) is 1. The molecule has 0 bridgehead atoms. The van der Waals surface area contributed by atoms with Crippen molar-refractivity contribution in [2.45, 2.75) is 20.3 Å². The van der Waals surface area contributed by atoms with Crippen LogP contribution in [0.4, 0.5) is 10.5 Å². The quantitative estimate of drug-likeness (QED) is 0.671. The first-order valence-corrected chi connectivity index (χ1v) is 7.19. The van der Waals surface area contributed by atoms with Crippen LogP contribution in [0, 0.1) is 17.8 Å². The molecule has 1 fully saturated rings. The van der Waals surface area contributed by atoms with Gasteiger partial charge in [0.15, 0.2) is 0 Å². The van der Waals surface area contributed by atoms with Crippen LogP contribution in [-0.2, 0) is 4.74 Å². The molecule has 1 N–H and O–H groups in total. The predicted molar refractivity (Wildman–Crippen MR) is 84.7 cm³/mol. The van der Waals surface area contributed by atoms with E-state index < -0.39 is 0 Å². The van der Waals surface area contributed by atoms with Gasteiger partial charge in [-0.05, 0) is 24.3 Å². The minimum Gasteiger partial charge on any atom is -0.461 e. The minimum absolute atomic E-state index is 0.119. The van der Waals surface area contributed by atoms with Crippen molar-refractivity contribution in [3.05, 3.63) is 29.8 Å². The molecule has 1 heterocycles. The van der Waals surface area contributed by atoms with E-state index in [0.29, 0.717) is 25.1 Å². The zero-order valence-corrected chi connectivity index (χ0v) is 12.9. The van der Waals surface area contributed by atoms with E-state index in [9.17, 15) is 9.59 Å². The second-order valence-electron chi connectivity index (χ2n) is 6.05. The molecule has 1 aliphatic heterocycles.